The van der Waals surface area contributed by atoms with Crippen molar-refractivity contribution in [3.8, 4) is 5.75 Å². The van der Waals surface area contributed by atoms with Crippen LogP contribution < -0.4 is 16.0 Å². The van der Waals surface area contributed by atoms with Crippen LogP contribution in [0.4, 0.5) is 0 Å². The number of para-hydroxylation sites is 1. The second kappa shape index (κ2) is 6.09. The summed E-state index contributed by atoms with van der Waals surface area (Å²) in [6.07, 6.45) is 5.73. The molecule has 2 aromatic rings. The highest BCUT2D eigenvalue weighted by Gasteiger charge is 2.13. The fraction of sp³-hybridized carbons (Fsp3) is 0.231. The topological polar surface area (TPSA) is 73.1 Å². The lowest BCUT2D eigenvalue weighted by Crippen LogP contribution is -2.29. The van der Waals surface area contributed by atoms with E-state index < -0.39 is 0 Å². The molecule has 5 nitrogen and oxygen atoms in total. The molecule has 0 aliphatic heterocycles. The molecular formula is C13H16N4O. The van der Waals surface area contributed by atoms with Gasteiger partial charge in [-0.2, -0.15) is 0 Å². The zero-order valence-corrected chi connectivity index (χ0v) is 10.2. The van der Waals surface area contributed by atoms with Gasteiger partial charge in [-0.15, -0.1) is 0 Å². The monoisotopic (exact) mass is 244 g/mol. The summed E-state index contributed by atoms with van der Waals surface area (Å²) < 4.78 is 5.33. The van der Waals surface area contributed by atoms with Crippen molar-refractivity contribution in [3.05, 3.63) is 54.1 Å². The van der Waals surface area contributed by atoms with Gasteiger partial charge >= 0.3 is 0 Å². The molecule has 0 bridgehead atoms. The Morgan fingerprint density at radius 1 is 1.28 bits per heavy atom. The Hall–Kier alpha value is -1.98. The van der Waals surface area contributed by atoms with E-state index >= 15 is 0 Å². The van der Waals surface area contributed by atoms with Gasteiger partial charge in [0.15, 0.2) is 0 Å². The largest absolute Gasteiger partial charge is 0.496 e. The van der Waals surface area contributed by atoms with Crippen molar-refractivity contribution in [2.75, 3.05) is 7.11 Å². The van der Waals surface area contributed by atoms with Crippen molar-refractivity contribution in [2.24, 2.45) is 5.84 Å². The highest BCUT2D eigenvalue weighted by molar-refractivity contribution is 5.34. The van der Waals surface area contributed by atoms with Gasteiger partial charge in [-0.3, -0.25) is 11.3 Å². The number of nitrogens with one attached hydrogen (secondary N) is 1. The average molecular weight is 244 g/mol. The normalized spacial score (nSPS) is 12.1. The van der Waals surface area contributed by atoms with Gasteiger partial charge < -0.3 is 4.74 Å². The Labute approximate surface area is 106 Å². The number of hydrogen-bond donors (Lipinski definition) is 2. The molecule has 1 heterocycles. The van der Waals surface area contributed by atoms with Crippen molar-refractivity contribution >= 4 is 0 Å². The minimum atomic E-state index is -0.0394. The number of nitrogens with zero attached hydrogens (tertiary/aromatic N) is 2. The van der Waals surface area contributed by atoms with Crippen LogP contribution in [0.25, 0.3) is 0 Å². The molecule has 94 valence electrons. The second-order valence-electron chi connectivity index (χ2n) is 3.91. The number of methoxy groups -OCH3 is 1. The van der Waals surface area contributed by atoms with Crippen LogP contribution in [-0.4, -0.2) is 17.1 Å². The Bertz CT molecular complexity index is 489. The first kappa shape index (κ1) is 12.5. The van der Waals surface area contributed by atoms with E-state index in [9.17, 15) is 0 Å². The first-order valence-electron chi connectivity index (χ1n) is 5.68. The molecule has 0 fully saturated rings. The van der Waals surface area contributed by atoms with Crippen molar-refractivity contribution in [1.82, 2.24) is 15.4 Å². The third-order valence-electron chi connectivity index (χ3n) is 2.80. The van der Waals surface area contributed by atoms with Gasteiger partial charge in [0, 0.05) is 18.0 Å². The lowest BCUT2D eigenvalue weighted by molar-refractivity contribution is 0.405. The molecule has 1 aromatic carbocycles. The maximum absolute atomic E-state index is 5.60. The molecule has 2 rings (SSSR count). The molecule has 3 N–H and O–H groups in total. The molecule has 1 unspecified atom stereocenters. The van der Waals surface area contributed by atoms with Crippen LogP contribution >= 0.6 is 0 Å². The maximum atomic E-state index is 5.60. The molecule has 5 heteroatoms. The number of rotatable bonds is 5. The summed E-state index contributed by atoms with van der Waals surface area (Å²) in [7, 11) is 1.66. The summed E-state index contributed by atoms with van der Waals surface area (Å²) in [6.45, 7) is 0. The minimum absolute atomic E-state index is 0.0394. The van der Waals surface area contributed by atoms with Crippen LogP contribution in [0.5, 0.6) is 5.75 Å². The molecule has 0 saturated carbocycles. The predicted molar refractivity (Wildman–Crippen MR) is 68.8 cm³/mol. The smallest absolute Gasteiger partial charge is 0.122 e. The van der Waals surface area contributed by atoms with E-state index in [1.165, 1.54) is 6.33 Å². The Morgan fingerprint density at radius 2 is 2.00 bits per heavy atom. The number of nitrogens with two attached hydrogens (primary N) is 1. The molecule has 0 aliphatic carbocycles. The predicted octanol–water partition coefficient (Wildman–Crippen LogP) is 1.23. The molecule has 1 atom stereocenters. The zero-order chi connectivity index (χ0) is 12.8. The van der Waals surface area contributed by atoms with E-state index in [1.54, 1.807) is 19.5 Å². The van der Waals surface area contributed by atoms with E-state index in [0.29, 0.717) is 6.42 Å². The Morgan fingerprint density at radius 3 is 2.67 bits per heavy atom. The zero-order valence-electron chi connectivity index (χ0n) is 10.2. The number of aromatic nitrogens is 2. The first-order chi connectivity index (χ1) is 8.85. The number of benzene rings is 1. The number of hydrogen-bond acceptors (Lipinski definition) is 5. The highest BCUT2D eigenvalue weighted by atomic mass is 16.5. The van der Waals surface area contributed by atoms with Crippen LogP contribution in [0, 0.1) is 0 Å². The quantitative estimate of drug-likeness (QED) is 0.611. The van der Waals surface area contributed by atoms with Gasteiger partial charge in [0.25, 0.3) is 0 Å². The average Bonchev–Trinajstić information content (AvgIpc) is 2.46. The first-order valence-corrected chi connectivity index (χ1v) is 5.68. The molecular weight excluding hydrogens is 228 g/mol. The van der Waals surface area contributed by atoms with E-state index in [-0.39, 0.29) is 6.04 Å². The summed E-state index contributed by atoms with van der Waals surface area (Å²) in [6, 6.07) is 7.84. The maximum Gasteiger partial charge on any atom is 0.122 e. The van der Waals surface area contributed by atoms with Crippen LogP contribution in [0.3, 0.4) is 0 Å². The molecule has 0 radical (unpaired) electrons. The SMILES string of the molecule is COc1ccccc1CC(NN)c1cncnc1. The Balaban J connectivity index is 2.21. The van der Waals surface area contributed by atoms with E-state index in [0.717, 1.165) is 16.9 Å². The third kappa shape index (κ3) is 2.82. The van der Waals surface area contributed by atoms with Crippen LogP contribution in [0.15, 0.2) is 43.0 Å². The minimum Gasteiger partial charge on any atom is -0.496 e. The lowest BCUT2D eigenvalue weighted by Gasteiger charge is -2.17. The molecule has 18 heavy (non-hydrogen) atoms. The van der Waals surface area contributed by atoms with Crippen molar-refractivity contribution in [3.63, 3.8) is 0 Å². The van der Waals surface area contributed by atoms with Crippen molar-refractivity contribution < 1.29 is 4.74 Å². The summed E-state index contributed by atoms with van der Waals surface area (Å²) in [4.78, 5) is 8.00. The van der Waals surface area contributed by atoms with Gasteiger partial charge in [-0.25, -0.2) is 9.97 Å². The van der Waals surface area contributed by atoms with E-state index in [4.69, 9.17) is 10.6 Å². The standard InChI is InChI=1S/C13H16N4O/c1-18-13-5-3-2-4-10(13)6-12(17-14)11-7-15-9-16-8-11/h2-5,7-9,12,17H,6,14H2,1H3. The van der Waals surface area contributed by atoms with E-state index in [2.05, 4.69) is 15.4 Å². The molecule has 0 amide bonds. The fourth-order valence-electron chi connectivity index (χ4n) is 1.86. The summed E-state index contributed by atoms with van der Waals surface area (Å²) in [5.74, 6) is 6.45. The van der Waals surface area contributed by atoms with Crippen molar-refractivity contribution in [2.45, 2.75) is 12.5 Å². The fourth-order valence-corrected chi connectivity index (χ4v) is 1.86. The van der Waals surface area contributed by atoms with Gasteiger partial charge in [-0.05, 0) is 18.1 Å². The molecule has 0 saturated heterocycles. The van der Waals surface area contributed by atoms with Crippen LogP contribution in [-0.2, 0) is 6.42 Å². The van der Waals surface area contributed by atoms with Crippen molar-refractivity contribution in [1.29, 1.82) is 0 Å². The third-order valence-corrected chi connectivity index (χ3v) is 2.80. The highest BCUT2D eigenvalue weighted by Crippen LogP contribution is 2.23. The lowest BCUT2D eigenvalue weighted by atomic mass is 10.0. The molecule has 0 spiro atoms. The number of hydrazine groups is 1. The second-order valence-corrected chi connectivity index (χ2v) is 3.91. The van der Waals surface area contributed by atoms with Gasteiger partial charge in [-0.1, -0.05) is 18.2 Å². The molecule has 1 aromatic heterocycles. The van der Waals surface area contributed by atoms with Crippen LogP contribution in [0.2, 0.25) is 0 Å². The summed E-state index contributed by atoms with van der Waals surface area (Å²) in [5.41, 5.74) is 4.82. The van der Waals surface area contributed by atoms with E-state index in [1.807, 2.05) is 24.3 Å². The van der Waals surface area contributed by atoms with Gasteiger partial charge in [0.2, 0.25) is 0 Å². The Kier molecular flexibility index (Phi) is 4.22. The van der Waals surface area contributed by atoms with Gasteiger partial charge in [0.1, 0.15) is 12.1 Å². The molecule has 0 aliphatic rings. The summed E-state index contributed by atoms with van der Waals surface area (Å²) in [5, 5.41) is 0. The number of ether oxygens (including phenoxy) is 1. The summed E-state index contributed by atoms with van der Waals surface area (Å²) >= 11 is 0. The van der Waals surface area contributed by atoms with Crippen LogP contribution in [0.1, 0.15) is 17.2 Å². The van der Waals surface area contributed by atoms with Gasteiger partial charge in [0.05, 0.1) is 13.2 Å².